The fourth-order valence-corrected chi connectivity index (χ4v) is 11.3. The number of carbonyl (C=O) groups is 7. The molecule has 6 aromatic carbocycles. The van der Waals surface area contributed by atoms with Gasteiger partial charge < -0.3 is 49.8 Å². The molecule has 0 aliphatic rings. The van der Waals surface area contributed by atoms with Crippen LogP contribution in [0.1, 0.15) is 401 Å². The molecule has 13 heteroatoms. The Morgan fingerprint density at radius 3 is 0.759 bits per heavy atom. The van der Waals surface area contributed by atoms with Crippen molar-refractivity contribution in [2.45, 2.75) is 405 Å². The molecule has 0 saturated heterocycles. The van der Waals surface area contributed by atoms with Gasteiger partial charge in [-0.3, -0.25) is 14.4 Å². The first kappa shape index (κ1) is 152. The minimum Gasteiger partial charge on any atom is -0.379 e. The van der Waals surface area contributed by atoms with Gasteiger partial charge in [-0.05, 0) is 202 Å². The summed E-state index contributed by atoms with van der Waals surface area (Å²) in [6, 6.07) is 62.1. The third kappa shape index (κ3) is 165. The Hall–Kier alpha value is -7.55. The first-order valence-electron chi connectivity index (χ1n) is 53.1. The van der Waals surface area contributed by atoms with Gasteiger partial charge in [0.25, 0.3) is 0 Å². The largest absolute Gasteiger partial charge is 0.379 e. The van der Waals surface area contributed by atoms with Crippen molar-refractivity contribution in [1.82, 2.24) is 5.32 Å². The molecule has 0 atom stereocenters. The molecule has 0 aromatic heterocycles. The molecule has 6 aromatic rings. The number of rotatable bonds is 41. The molecular weight excluding hydrogens is 1690 g/mol. The quantitative estimate of drug-likeness (QED) is 0.0309. The Kier molecular flexibility index (Phi) is 130. The Balaban J connectivity index is -0.000000139. The van der Waals surface area contributed by atoms with Crippen LogP contribution < -0.4 is 16.4 Å². The molecule has 2 amide bonds. The smallest absolute Gasteiger partial charge is 0.224 e. The van der Waals surface area contributed by atoms with Crippen LogP contribution in [0.3, 0.4) is 0 Å². The standard InChI is InChI=1S/C13H18O.C11H15NO.C11H24O3.4C10H14.C8H16O.2C6H12O.2C6H14.C5H10O.C5H12.C3H7NO.C2H7N.C2H6/c1-11(2)10-13(14)9-8-12-6-4-3-5-7-12;1-9(2)8-11(13)12-10-6-4-3-5-7-10;1-4-5-12-6-7-13-8-9-14-10-11(2)3;4*1-9(2)8-10-6-4-3-5-7-10;1-7(2)5-4-6-8(3)9;2*1-5(2)4-6(3)7;2*1-4-5-6(2)3;1-3-4-5(2)6;1-4-5(2)3;1-3(5)4-2;1-2-3;1-2/h3-7,11H,8-10H2,1-2H3;3-7,9H,8H2,1-2H3,(H,12,13);11H,4-10H2,1-3H3;4*3-7,9H,8H2,1-2H3;7H,4-6H2,1-3H3;2*5H,4H2,1-3H3;2*6H,4-5H2,1-3H3;3-4H2,1-2H3;5H,4H2,1-3H3;1-2H3,(H,4,5);2-3H2,1H3;1-2H3. The highest BCUT2D eigenvalue weighted by atomic mass is 16.5. The van der Waals surface area contributed by atoms with Crippen LogP contribution in [0.5, 0.6) is 0 Å². The van der Waals surface area contributed by atoms with E-state index < -0.39 is 0 Å². The molecule has 0 heterocycles. The van der Waals surface area contributed by atoms with E-state index in [0.29, 0.717) is 86.8 Å². The minimum atomic E-state index is 0.00463. The maximum Gasteiger partial charge on any atom is 0.224 e. The van der Waals surface area contributed by atoms with Gasteiger partial charge in [0.2, 0.25) is 11.8 Å². The van der Waals surface area contributed by atoms with Gasteiger partial charge >= 0.3 is 0 Å². The van der Waals surface area contributed by atoms with E-state index in [1.165, 1.54) is 98.9 Å². The lowest BCUT2D eigenvalue weighted by atomic mass is 10.0. The predicted molar refractivity (Wildman–Crippen MR) is 607 cm³/mol. The Morgan fingerprint density at radius 2 is 0.562 bits per heavy atom. The van der Waals surface area contributed by atoms with E-state index in [1.54, 1.807) is 34.7 Å². The first-order chi connectivity index (χ1) is 64.4. The number of hydrogen-bond donors (Lipinski definition) is 3. The van der Waals surface area contributed by atoms with E-state index in [0.717, 1.165) is 124 Å². The topological polar surface area (TPSA) is 197 Å². The molecule has 0 radical (unpaired) electrons. The van der Waals surface area contributed by atoms with Crippen LogP contribution in [0.25, 0.3) is 0 Å². The van der Waals surface area contributed by atoms with Gasteiger partial charge in [-0.1, -0.05) is 444 Å². The number of benzene rings is 6. The average molecular weight is 1920 g/mol. The summed E-state index contributed by atoms with van der Waals surface area (Å²) in [7, 11) is 1.60. The third-order valence-electron chi connectivity index (χ3n) is 17.5. The molecule has 0 bridgehead atoms. The van der Waals surface area contributed by atoms with E-state index in [2.05, 4.69) is 310 Å². The summed E-state index contributed by atoms with van der Waals surface area (Å²) < 4.78 is 15.9. The van der Waals surface area contributed by atoms with Gasteiger partial charge in [0.1, 0.15) is 28.9 Å². The number of nitrogens with one attached hydrogen (secondary N) is 2. The predicted octanol–water partition coefficient (Wildman–Crippen LogP) is 34.2. The third-order valence-corrected chi connectivity index (χ3v) is 17.5. The second-order valence-electron chi connectivity index (χ2n) is 40.1. The number of hydrogen-bond acceptors (Lipinski definition) is 11. The van der Waals surface area contributed by atoms with Crippen LogP contribution in [0.15, 0.2) is 182 Å². The average Bonchev–Trinajstić information content (AvgIpc) is 0.931. The highest BCUT2D eigenvalue weighted by molar-refractivity contribution is 5.90. The number of Topliss-reactive ketones (excluding diaryl/α,β-unsaturated/α-hetero) is 5. The van der Waals surface area contributed by atoms with Crippen molar-refractivity contribution in [1.29, 1.82) is 0 Å². The molecule has 0 spiro atoms. The summed E-state index contributed by atoms with van der Waals surface area (Å²) in [5.74, 6) is 10.7. The normalized spacial score (nSPS) is 9.85. The summed E-state index contributed by atoms with van der Waals surface area (Å²) in [5, 5.41) is 5.22. The lowest BCUT2D eigenvalue weighted by Crippen LogP contribution is -2.13. The van der Waals surface area contributed by atoms with Crippen molar-refractivity contribution < 1.29 is 47.8 Å². The van der Waals surface area contributed by atoms with E-state index in [-0.39, 0.29) is 29.2 Å². The summed E-state index contributed by atoms with van der Waals surface area (Å²) in [4.78, 5) is 73.4. The molecule has 794 valence electrons. The first-order valence-corrected chi connectivity index (χ1v) is 53.1. The van der Waals surface area contributed by atoms with Crippen LogP contribution >= 0.6 is 0 Å². The molecular formula is C124H223N3O10. The lowest BCUT2D eigenvalue weighted by molar-refractivity contribution is -0.120. The molecule has 0 unspecified atom stereocenters. The van der Waals surface area contributed by atoms with Crippen molar-refractivity contribution in [3.63, 3.8) is 0 Å². The van der Waals surface area contributed by atoms with E-state index in [9.17, 15) is 33.6 Å². The molecule has 137 heavy (non-hydrogen) atoms. The molecule has 13 nitrogen and oxygen atoms in total. The van der Waals surface area contributed by atoms with E-state index >= 15 is 0 Å². The van der Waals surface area contributed by atoms with Crippen molar-refractivity contribution in [2.24, 2.45) is 82.7 Å². The summed E-state index contributed by atoms with van der Waals surface area (Å²) in [5.41, 5.74) is 12.7. The fraction of sp³-hybridized carbons (Fsp3) is 0.653. The zero-order valence-electron chi connectivity index (χ0n) is 96.8. The van der Waals surface area contributed by atoms with Gasteiger partial charge in [0, 0.05) is 77.8 Å². The monoisotopic (exact) mass is 1910 g/mol. The molecule has 0 fully saturated rings. The van der Waals surface area contributed by atoms with Crippen LogP contribution in [-0.2, 0) is 79.9 Å². The van der Waals surface area contributed by atoms with Crippen molar-refractivity contribution in [2.75, 3.05) is 58.6 Å². The number of nitrogens with two attached hydrogens (primary N) is 1. The van der Waals surface area contributed by atoms with Gasteiger partial charge in [-0.15, -0.1) is 0 Å². The highest BCUT2D eigenvalue weighted by Crippen LogP contribution is 2.14. The van der Waals surface area contributed by atoms with Crippen LogP contribution in [0.4, 0.5) is 5.69 Å². The summed E-state index contributed by atoms with van der Waals surface area (Å²) in [6.45, 7) is 86.2. The van der Waals surface area contributed by atoms with Gasteiger partial charge in [-0.2, -0.15) is 0 Å². The number of carbonyl (C=O) groups excluding carboxylic acids is 7. The van der Waals surface area contributed by atoms with Crippen LogP contribution in [0.2, 0.25) is 0 Å². The SMILES string of the molecule is CC.CC(=O)CC(C)C.CC(=O)CC(C)C.CC(=O)CCCC(C)C.CC(C)CC(=O)CCc1ccccc1.CC(C)CC(=O)Nc1ccccc1.CC(C)Cc1ccccc1.CC(C)Cc1ccccc1.CC(C)Cc1ccccc1.CC(C)Cc1ccccc1.CCC(C)C.CCCC(C)=O.CCCC(C)C.CCCC(C)C.CCCOCCOCCOCC(C)C.CCN.CNC(C)=O. The molecule has 0 aliphatic carbocycles. The highest BCUT2D eigenvalue weighted by Gasteiger charge is 2.07. The Morgan fingerprint density at radius 1 is 0.292 bits per heavy atom. The second kappa shape index (κ2) is 117. The zero-order chi connectivity index (χ0) is 108. The van der Waals surface area contributed by atoms with Crippen molar-refractivity contribution in [3.8, 4) is 0 Å². The summed E-state index contributed by atoms with van der Waals surface area (Å²) in [6.07, 6.45) is 21.6. The molecule has 0 aliphatic heterocycles. The number of amides is 2. The van der Waals surface area contributed by atoms with Gasteiger partial charge in [-0.25, -0.2) is 0 Å². The van der Waals surface area contributed by atoms with Gasteiger partial charge in [0.15, 0.2) is 0 Å². The van der Waals surface area contributed by atoms with E-state index in [1.807, 2.05) is 118 Å². The number of ether oxygens (including phenoxy) is 3. The molecule has 4 N–H and O–H groups in total. The Bertz CT molecular complexity index is 3180. The van der Waals surface area contributed by atoms with Crippen molar-refractivity contribution in [3.05, 3.63) is 210 Å². The van der Waals surface area contributed by atoms with Crippen molar-refractivity contribution >= 4 is 46.4 Å². The fourth-order valence-electron chi connectivity index (χ4n) is 11.3. The molecule has 6 rings (SSSR count). The van der Waals surface area contributed by atoms with E-state index in [4.69, 9.17) is 19.9 Å². The number of para-hydroxylation sites is 1. The maximum absolute atomic E-state index is 11.4. The lowest BCUT2D eigenvalue weighted by Gasteiger charge is -2.07. The number of aryl methyl sites for hydroxylation is 1. The van der Waals surface area contributed by atoms with Gasteiger partial charge in [0.05, 0.1) is 26.4 Å². The number of ketones is 5. The maximum atomic E-state index is 11.4. The van der Waals surface area contributed by atoms with Crippen LogP contribution in [-0.4, -0.2) is 94.0 Å². The zero-order valence-corrected chi connectivity index (χ0v) is 96.8. The summed E-state index contributed by atoms with van der Waals surface area (Å²) >= 11 is 0. The van der Waals surface area contributed by atoms with Crippen LogP contribution in [0, 0.1) is 76.9 Å². The minimum absolute atomic E-state index is 0.00463. The Labute approximate surface area is 850 Å². The number of anilines is 1. The molecule has 0 saturated carbocycles. The second-order valence-corrected chi connectivity index (χ2v) is 40.1.